The van der Waals surface area contributed by atoms with E-state index in [1.807, 2.05) is 0 Å². The summed E-state index contributed by atoms with van der Waals surface area (Å²) in [4.78, 5) is 9.42. The van der Waals surface area contributed by atoms with E-state index in [0.717, 1.165) is 0 Å². The number of nitroso groups, excluding NO2 is 1. The van der Waals surface area contributed by atoms with Gasteiger partial charge in [0.2, 0.25) is 0 Å². The Hall–Kier alpha value is -0.660. The molecule has 0 aliphatic heterocycles. The van der Waals surface area contributed by atoms with Gasteiger partial charge < -0.3 is 0 Å². The Bertz CT molecular complexity index is 245. The van der Waals surface area contributed by atoms with Crippen LogP contribution in [0, 0.1) is 4.91 Å². The molecule has 0 rings (SSSR count). The second-order valence-corrected chi connectivity index (χ2v) is 4.24. The number of alkyl halides is 3. The number of halogens is 3. The van der Waals surface area contributed by atoms with Crippen molar-refractivity contribution in [2.45, 2.75) is 6.18 Å². The standard InChI is InChI=1S/C4H6F3NO3S/c5-4(6,7)3-12(10,11)2-1-8-9/h1-3H2. The lowest BCUT2D eigenvalue weighted by Crippen LogP contribution is -2.25. The van der Waals surface area contributed by atoms with E-state index in [0.29, 0.717) is 0 Å². The first-order valence-corrected chi connectivity index (χ1v) is 4.65. The first kappa shape index (κ1) is 11.3. The van der Waals surface area contributed by atoms with Gasteiger partial charge in [-0.05, 0) is 0 Å². The van der Waals surface area contributed by atoms with Gasteiger partial charge in [-0.2, -0.15) is 18.1 Å². The Kier molecular flexibility index (Phi) is 3.62. The Morgan fingerprint density at radius 3 is 2.08 bits per heavy atom. The van der Waals surface area contributed by atoms with Crippen LogP contribution in [0.5, 0.6) is 0 Å². The average Bonchev–Trinajstić information content (AvgIpc) is 1.78. The number of sulfone groups is 1. The SMILES string of the molecule is O=NCCS(=O)(=O)CC(F)(F)F. The summed E-state index contributed by atoms with van der Waals surface area (Å²) in [5.74, 6) is -2.74. The number of rotatable bonds is 4. The van der Waals surface area contributed by atoms with Crippen molar-refractivity contribution in [1.29, 1.82) is 0 Å². The third-order valence-corrected chi connectivity index (χ3v) is 2.45. The maximum Gasteiger partial charge on any atom is 0.402 e. The molecule has 0 aliphatic rings. The Balaban J connectivity index is 4.15. The van der Waals surface area contributed by atoms with E-state index in [-0.39, 0.29) is 0 Å². The highest BCUT2D eigenvalue weighted by Crippen LogP contribution is 2.17. The molecular formula is C4H6F3NO3S. The monoisotopic (exact) mass is 205 g/mol. The van der Waals surface area contributed by atoms with E-state index in [9.17, 15) is 26.5 Å². The van der Waals surface area contributed by atoms with Gasteiger partial charge in [-0.3, -0.25) is 0 Å². The van der Waals surface area contributed by atoms with Crippen LogP contribution in [0.4, 0.5) is 13.2 Å². The Morgan fingerprint density at radius 2 is 1.75 bits per heavy atom. The second kappa shape index (κ2) is 3.83. The van der Waals surface area contributed by atoms with Gasteiger partial charge in [0.05, 0.1) is 12.3 Å². The van der Waals surface area contributed by atoms with Crippen LogP contribution < -0.4 is 0 Å². The third kappa shape index (κ3) is 6.08. The fourth-order valence-electron chi connectivity index (χ4n) is 0.498. The van der Waals surface area contributed by atoms with Gasteiger partial charge in [-0.15, -0.1) is 0 Å². The average molecular weight is 205 g/mol. The van der Waals surface area contributed by atoms with Crippen molar-refractivity contribution in [2.24, 2.45) is 5.18 Å². The highest BCUT2D eigenvalue weighted by atomic mass is 32.2. The molecule has 0 atom stereocenters. The molecule has 0 unspecified atom stereocenters. The number of hydrogen-bond acceptors (Lipinski definition) is 4. The zero-order valence-corrected chi connectivity index (χ0v) is 6.65. The molecule has 8 heteroatoms. The summed E-state index contributed by atoms with van der Waals surface area (Å²) in [6, 6.07) is 0. The van der Waals surface area contributed by atoms with E-state index in [1.165, 1.54) is 0 Å². The minimum absolute atomic E-state index is 0.640. The van der Waals surface area contributed by atoms with Gasteiger partial charge in [-0.25, -0.2) is 8.42 Å². The van der Waals surface area contributed by atoms with Gasteiger partial charge >= 0.3 is 6.18 Å². The molecule has 0 N–H and O–H groups in total. The molecule has 0 bridgehead atoms. The van der Waals surface area contributed by atoms with Gasteiger partial charge in [0.1, 0.15) is 5.75 Å². The molecule has 72 valence electrons. The van der Waals surface area contributed by atoms with Crippen molar-refractivity contribution in [2.75, 3.05) is 18.1 Å². The fraction of sp³-hybridized carbons (Fsp3) is 1.00. The topological polar surface area (TPSA) is 63.6 Å². The summed E-state index contributed by atoms with van der Waals surface area (Å²) < 4.78 is 55.4. The molecule has 0 radical (unpaired) electrons. The minimum Gasteiger partial charge on any atom is -0.228 e. The minimum atomic E-state index is -4.75. The Labute approximate surface area is 66.7 Å². The highest BCUT2D eigenvalue weighted by molar-refractivity contribution is 7.91. The Morgan fingerprint density at radius 1 is 1.25 bits per heavy atom. The van der Waals surface area contributed by atoms with Crippen molar-refractivity contribution in [3.63, 3.8) is 0 Å². The zero-order chi connectivity index (χ0) is 9.83. The van der Waals surface area contributed by atoms with Gasteiger partial charge in [0, 0.05) is 0 Å². The van der Waals surface area contributed by atoms with Gasteiger partial charge in [0.25, 0.3) is 0 Å². The van der Waals surface area contributed by atoms with Crippen LogP contribution >= 0.6 is 0 Å². The summed E-state index contributed by atoms with van der Waals surface area (Å²) in [5.41, 5.74) is 0. The van der Waals surface area contributed by atoms with Crippen LogP contribution in [0.2, 0.25) is 0 Å². The molecule has 0 aromatic rings. The molecule has 0 saturated carbocycles. The molecule has 4 nitrogen and oxygen atoms in total. The predicted molar refractivity (Wildman–Crippen MR) is 35.4 cm³/mol. The molecule has 0 aromatic heterocycles. The first-order chi connectivity index (χ1) is 5.27. The van der Waals surface area contributed by atoms with Crippen LogP contribution in [0.1, 0.15) is 0 Å². The lowest BCUT2D eigenvalue weighted by Gasteiger charge is -2.05. The molecule has 0 saturated heterocycles. The number of nitrogens with zero attached hydrogens (tertiary/aromatic N) is 1. The largest absolute Gasteiger partial charge is 0.402 e. The van der Waals surface area contributed by atoms with Gasteiger partial charge in [0.15, 0.2) is 9.84 Å². The molecular weight excluding hydrogens is 199 g/mol. The first-order valence-electron chi connectivity index (χ1n) is 2.83. The summed E-state index contributed by atoms with van der Waals surface area (Å²) >= 11 is 0. The van der Waals surface area contributed by atoms with Crippen LogP contribution in [-0.2, 0) is 9.84 Å². The number of hydrogen-bond donors (Lipinski definition) is 0. The van der Waals surface area contributed by atoms with Crippen LogP contribution in [0.15, 0.2) is 5.18 Å². The summed E-state index contributed by atoms with van der Waals surface area (Å²) in [6.07, 6.45) is -4.75. The summed E-state index contributed by atoms with van der Waals surface area (Å²) in [5, 5.41) is 2.15. The molecule has 0 fully saturated rings. The lowest BCUT2D eigenvalue weighted by atomic mass is 10.8. The van der Waals surface area contributed by atoms with E-state index in [4.69, 9.17) is 0 Å². The van der Waals surface area contributed by atoms with Crippen molar-refractivity contribution in [3.8, 4) is 0 Å². The maximum atomic E-state index is 11.5. The van der Waals surface area contributed by atoms with Crippen molar-refractivity contribution in [1.82, 2.24) is 0 Å². The molecule has 12 heavy (non-hydrogen) atoms. The van der Waals surface area contributed by atoms with Crippen LogP contribution in [0.3, 0.4) is 0 Å². The van der Waals surface area contributed by atoms with Crippen LogP contribution in [0.25, 0.3) is 0 Å². The highest BCUT2D eigenvalue weighted by Gasteiger charge is 2.34. The summed E-state index contributed by atoms with van der Waals surface area (Å²) in [6.45, 7) is -0.640. The van der Waals surface area contributed by atoms with Crippen molar-refractivity contribution in [3.05, 3.63) is 4.91 Å². The van der Waals surface area contributed by atoms with Crippen molar-refractivity contribution >= 4 is 9.84 Å². The van der Waals surface area contributed by atoms with E-state index < -0.39 is 34.1 Å². The maximum absolute atomic E-state index is 11.5. The van der Waals surface area contributed by atoms with E-state index in [2.05, 4.69) is 5.18 Å². The smallest absolute Gasteiger partial charge is 0.228 e. The zero-order valence-electron chi connectivity index (χ0n) is 5.84. The van der Waals surface area contributed by atoms with Crippen molar-refractivity contribution < 1.29 is 21.6 Å². The molecule has 0 heterocycles. The second-order valence-electron chi connectivity index (χ2n) is 2.06. The van der Waals surface area contributed by atoms with E-state index >= 15 is 0 Å². The summed E-state index contributed by atoms with van der Waals surface area (Å²) in [7, 11) is -4.22. The quantitative estimate of drug-likeness (QED) is 0.635. The van der Waals surface area contributed by atoms with Crippen LogP contribution in [-0.4, -0.2) is 32.6 Å². The molecule has 0 amide bonds. The lowest BCUT2D eigenvalue weighted by molar-refractivity contribution is -0.106. The fourth-order valence-corrected chi connectivity index (χ4v) is 1.49. The van der Waals surface area contributed by atoms with Gasteiger partial charge in [-0.1, -0.05) is 5.18 Å². The molecule has 0 spiro atoms. The van der Waals surface area contributed by atoms with E-state index in [1.54, 1.807) is 0 Å². The normalized spacial score (nSPS) is 12.9. The molecule has 0 aliphatic carbocycles. The predicted octanol–water partition coefficient (Wildman–Crippen LogP) is 0.730. The molecule has 0 aromatic carbocycles. The third-order valence-electron chi connectivity index (χ3n) is 0.877.